The average Bonchev–Trinajstić information content (AvgIpc) is 2.78. The van der Waals surface area contributed by atoms with E-state index >= 15 is 0 Å². The van der Waals surface area contributed by atoms with Crippen LogP contribution in [0.5, 0.6) is 0 Å². The largest absolute Gasteiger partial charge is 0.379 e. The Morgan fingerprint density at radius 3 is 2.65 bits per heavy atom. The van der Waals surface area contributed by atoms with Gasteiger partial charge in [-0.15, -0.1) is 0 Å². The van der Waals surface area contributed by atoms with E-state index in [1.54, 1.807) is 0 Å². The number of nitrogens with zero attached hydrogens (tertiary/aromatic N) is 2. The van der Waals surface area contributed by atoms with Crippen molar-refractivity contribution in [3.63, 3.8) is 0 Å². The molecule has 0 N–H and O–H groups in total. The highest BCUT2D eigenvalue weighted by atomic mass is 16.5. The van der Waals surface area contributed by atoms with E-state index < -0.39 is 0 Å². The SMILES string of the molecule is CC(C)CC(=O)N1CCC(N2CCOCC2)C1. The molecule has 4 heteroatoms. The van der Waals surface area contributed by atoms with Crippen LogP contribution < -0.4 is 0 Å². The maximum absolute atomic E-state index is 12.0. The summed E-state index contributed by atoms with van der Waals surface area (Å²) in [7, 11) is 0. The van der Waals surface area contributed by atoms with Crippen LogP contribution in [-0.4, -0.2) is 61.1 Å². The summed E-state index contributed by atoms with van der Waals surface area (Å²) < 4.78 is 5.36. The fourth-order valence-corrected chi connectivity index (χ4v) is 2.69. The van der Waals surface area contributed by atoms with Gasteiger partial charge in [0, 0.05) is 38.6 Å². The molecule has 1 unspecified atom stereocenters. The molecule has 2 rings (SSSR count). The van der Waals surface area contributed by atoms with Crippen LogP contribution in [0.15, 0.2) is 0 Å². The minimum absolute atomic E-state index is 0.329. The number of amides is 1. The van der Waals surface area contributed by atoms with Crippen molar-refractivity contribution in [2.75, 3.05) is 39.4 Å². The van der Waals surface area contributed by atoms with Gasteiger partial charge in [0.25, 0.3) is 0 Å². The number of likely N-dealkylation sites (tertiary alicyclic amines) is 1. The second-order valence-corrected chi connectivity index (χ2v) is 5.53. The monoisotopic (exact) mass is 240 g/mol. The van der Waals surface area contributed by atoms with Crippen LogP contribution in [0, 0.1) is 5.92 Å². The molecule has 0 aromatic carbocycles. The standard InChI is InChI=1S/C13H24N2O2/c1-11(2)9-13(16)15-4-3-12(10-15)14-5-7-17-8-6-14/h11-12H,3-10H2,1-2H3. The fourth-order valence-electron chi connectivity index (χ4n) is 2.69. The maximum Gasteiger partial charge on any atom is 0.222 e. The lowest BCUT2D eigenvalue weighted by atomic mass is 10.1. The maximum atomic E-state index is 12.0. The van der Waals surface area contributed by atoms with E-state index in [2.05, 4.69) is 18.7 Å². The summed E-state index contributed by atoms with van der Waals surface area (Å²) in [4.78, 5) is 16.5. The van der Waals surface area contributed by atoms with Gasteiger partial charge in [0.05, 0.1) is 13.2 Å². The van der Waals surface area contributed by atoms with Gasteiger partial charge in [-0.3, -0.25) is 9.69 Å². The number of morpholine rings is 1. The molecule has 4 nitrogen and oxygen atoms in total. The number of ether oxygens (including phenoxy) is 1. The van der Waals surface area contributed by atoms with Crippen molar-refractivity contribution in [3.8, 4) is 0 Å². The Kier molecular flexibility index (Phi) is 4.40. The van der Waals surface area contributed by atoms with Crippen molar-refractivity contribution in [1.82, 2.24) is 9.80 Å². The Bertz CT molecular complexity index is 262. The molecular weight excluding hydrogens is 216 g/mol. The summed E-state index contributed by atoms with van der Waals surface area (Å²) in [5.41, 5.74) is 0. The third kappa shape index (κ3) is 3.42. The summed E-state index contributed by atoms with van der Waals surface area (Å²) in [5, 5.41) is 0. The summed E-state index contributed by atoms with van der Waals surface area (Å²) >= 11 is 0. The predicted molar refractivity (Wildman–Crippen MR) is 66.8 cm³/mol. The normalized spacial score (nSPS) is 26.8. The van der Waals surface area contributed by atoms with Gasteiger partial charge in [0.2, 0.25) is 5.91 Å². The molecule has 2 heterocycles. The van der Waals surface area contributed by atoms with Crippen LogP contribution in [0.3, 0.4) is 0 Å². The molecule has 2 aliphatic rings. The number of hydrogen-bond acceptors (Lipinski definition) is 3. The van der Waals surface area contributed by atoms with E-state index in [0.29, 0.717) is 24.3 Å². The minimum Gasteiger partial charge on any atom is -0.379 e. The van der Waals surface area contributed by atoms with Gasteiger partial charge in [0.15, 0.2) is 0 Å². The molecule has 0 radical (unpaired) electrons. The van der Waals surface area contributed by atoms with E-state index in [1.165, 1.54) is 0 Å². The molecule has 0 bridgehead atoms. The molecule has 1 atom stereocenters. The van der Waals surface area contributed by atoms with E-state index in [1.807, 2.05) is 4.90 Å². The third-order valence-electron chi connectivity index (χ3n) is 3.66. The third-order valence-corrected chi connectivity index (χ3v) is 3.66. The Labute approximate surface area is 104 Å². The molecule has 2 aliphatic heterocycles. The van der Waals surface area contributed by atoms with Crippen molar-refractivity contribution in [1.29, 1.82) is 0 Å². The summed E-state index contributed by atoms with van der Waals surface area (Å²) in [6.07, 6.45) is 1.82. The highest BCUT2D eigenvalue weighted by molar-refractivity contribution is 5.76. The number of carbonyl (C=O) groups is 1. The van der Waals surface area contributed by atoms with Gasteiger partial charge < -0.3 is 9.64 Å². The highest BCUT2D eigenvalue weighted by Gasteiger charge is 2.30. The van der Waals surface area contributed by atoms with Crippen LogP contribution in [0.25, 0.3) is 0 Å². The Morgan fingerprint density at radius 1 is 1.29 bits per heavy atom. The first-order valence-corrected chi connectivity index (χ1v) is 6.76. The van der Waals surface area contributed by atoms with Gasteiger partial charge >= 0.3 is 0 Å². The van der Waals surface area contributed by atoms with Crippen LogP contribution >= 0.6 is 0 Å². The molecule has 1 amide bonds. The molecule has 0 aliphatic carbocycles. The first kappa shape index (κ1) is 12.8. The molecular formula is C13H24N2O2. The van der Waals surface area contributed by atoms with Crippen LogP contribution in [0.4, 0.5) is 0 Å². The minimum atomic E-state index is 0.329. The van der Waals surface area contributed by atoms with E-state index in [9.17, 15) is 4.79 Å². The molecule has 98 valence electrons. The molecule has 0 aromatic heterocycles. The smallest absolute Gasteiger partial charge is 0.222 e. The van der Waals surface area contributed by atoms with E-state index in [-0.39, 0.29) is 0 Å². The van der Waals surface area contributed by atoms with Gasteiger partial charge in [-0.25, -0.2) is 0 Å². The summed E-state index contributed by atoms with van der Waals surface area (Å²) in [6.45, 7) is 9.81. The zero-order valence-corrected chi connectivity index (χ0v) is 11.0. The topological polar surface area (TPSA) is 32.8 Å². The van der Waals surface area contributed by atoms with Crippen molar-refractivity contribution in [2.45, 2.75) is 32.7 Å². The Hall–Kier alpha value is -0.610. The first-order chi connectivity index (χ1) is 8.16. The van der Waals surface area contributed by atoms with Crippen LogP contribution in [-0.2, 0) is 9.53 Å². The van der Waals surface area contributed by atoms with Gasteiger partial charge in [-0.1, -0.05) is 13.8 Å². The van der Waals surface area contributed by atoms with Crippen molar-refractivity contribution in [3.05, 3.63) is 0 Å². The second-order valence-electron chi connectivity index (χ2n) is 5.53. The first-order valence-electron chi connectivity index (χ1n) is 6.76. The molecule has 17 heavy (non-hydrogen) atoms. The van der Waals surface area contributed by atoms with Crippen LogP contribution in [0.1, 0.15) is 26.7 Å². The van der Waals surface area contributed by atoms with Gasteiger partial charge in [0.1, 0.15) is 0 Å². The zero-order chi connectivity index (χ0) is 12.3. The molecule has 0 spiro atoms. The van der Waals surface area contributed by atoms with E-state index in [0.717, 1.165) is 45.8 Å². The summed E-state index contributed by atoms with van der Waals surface area (Å²) in [6, 6.07) is 0.565. The Morgan fingerprint density at radius 2 is 2.00 bits per heavy atom. The molecule has 0 saturated carbocycles. The lowest BCUT2D eigenvalue weighted by molar-refractivity contribution is -0.131. The number of carbonyl (C=O) groups excluding carboxylic acids is 1. The quantitative estimate of drug-likeness (QED) is 0.737. The summed E-state index contributed by atoms with van der Waals surface area (Å²) in [5.74, 6) is 0.792. The average molecular weight is 240 g/mol. The predicted octanol–water partition coefficient (Wildman–Crippen LogP) is 0.966. The molecule has 2 fully saturated rings. The van der Waals surface area contributed by atoms with Gasteiger partial charge in [-0.05, 0) is 12.3 Å². The number of hydrogen-bond donors (Lipinski definition) is 0. The van der Waals surface area contributed by atoms with Crippen molar-refractivity contribution < 1.29 is 9.53 Å². The van der Waals surface area contributed by atoms with Crippen molar-refractivity contribution >= 4 is 5.91 Å². The lowest BCUT2D eigenvalue weighted by Gasteiger charge is -2.32. The van der Waals surface area contributed by atoms with E-state index in [4.69, 9.17) is 4.74 Å². The van der Waals surface area contributed by atoms with Crippen LogP contribution in [0.2, 0.25) is 0 Å². The highest BCUT2D eigenvalue weighted by Crippen LogP contribution is 2.18. The Balaban J connectivity index is 1.80. The second kappa shape index (κ2) is 5.83. The van der Waals surface area contributed by atoms with Gasteiger partial charge in [-0.2, -0.15) is 0 Å². The fraction of sp³-hybridized carbons (Fsp3) is 0.923. The lowest BCUT2D eigenvalue weighted by Crippen LogP contribution is -2.45. The molecule has 2 saturated heterocycles. The number of rotatable bonds is 3. The molecule has 0 aromatic rings. The zero-order valence-electron chi connectivity index (χ0n) is 11.0. The van der Waals surface area contributed by atoms with Crippen molar-refractivity contribution in [2.24, 2.45) is 5.92 Å².